The zero-order valence-corrected chi connectivity index (χ0v) is 17.3. The van der Waals surface area contributed by atoms with Crippen molar-refractivity contribution in [3.05, 3.63) is 44.5 Å². The van der Waals surface area contributed by atoms with Gasteiger partial charge in [0.25, 0.3) is 11.4 Å². The zero-order chi connectivity index (χ0) is 25.6. The van der Waals surface area contributed by atoms with Crippen LogP contribution in [0.15, 0.2) is 33.9 Å². The Labute approximate surface area is 190 Å². The largest absolute Gasteiger partial charge is 0.443 e. The van der Waals surface area contributed by atoms with Gasteiger partial charge in [0, 0.05) is 5.02 Å². The molecule has 0 saturated heterocycles. The van der Waals surface area contributed by atoms with Crippen LogP contribution in [-0.2, 0) is 0 Å². The number of thioether (sulfide) groups is 1. The molecule has 0 unspecified atom stereocenters. The smallest absolute Gasteiger partial charge is 0.286 e. The molecule has 1 aliphatic heterocycles. The predicted molar refractivity (Wildman–Crippen MR) is 96.5 cm³/mol. The van der Waals surface area contributed by atoms with E-state index < -0.39 is 69.2 Å². The Kier molecular flexibility index (Phi) is 7.27. The number of imide groups is 1. The number of amidine groups is 1. The maximum absolute atomic E-state index is 13.6. The molecular formula is C15H5Cl2F10N3O2S. The second kappa shape index (κ2) is 8.87. The van der Waals surface area contributed by atoms with Crippen LogP contribution >= 0.6 is 35.0 Å². The molecule has 0 radical (unpaired) electrons. The van der Waals surface area contributed by atoms with Crippen molar-refractivity contribution in [1.82, 2.24) is 10.6 Å². The van der Waals surface area contributed by atoms with Crippen LogP contribution in [0.1, 0.15) is 10.4 Å². The first kappa shape index (κ1) is 27.0. The lowest BCUT2D eigenvalue weighted by Gasteiger charge is -2.31. The third kappa shape index (κ3) is 5.32. The summed E-state index contributed by atoms with van der Waals surface area (Å²) in [7, 11) is 0. The fourth-order valence-electron chi connectivity index (χ4n) is 2.30. The molecule has 18 heteroatoms. The molecule has 1 heterocycles. The Hall–Kier alpha value is -2.20. The molecule has 2 rings (SSSR count). The monoisotopic (exact) mass is 551 g/mol. The highest BCUT2D eigenvalue weighted by Gasteiger charge is 2.77. The van der Waals surface area contributed by atoms with Gasteiger partial charge in [-0.15, -0.1) is 0 Å². The number of nitrogens with zero attached hydrogens (tertiary/aromatic N) is 1. The summed E-state index contributed by atoms with van der Waals surface area (Å²) in [6.45, 7) is 0. The lowest BCUT2D eigenvalue weighted by Crippen LogP contribution is -2.55. The highest BCUT2D eigenvalue weighted by Crippen LogP contribution is 2.59. The summed E-state index contributed by atoms with van der Waals surface area (Å²) < 4.78 is 131. The summed E-state index contributed by atoms with van der Waals surface area (Å²) in [5.74, 6) is -5.03. The molecule has 3 amide bonds. The molecule has 0 fully saturated rings. The van der Waals surface area contributed by atoms with Gasteiger partial charge in [-0.05, 0) is 18.2 Å². The first-order chi connectivity index (χ1) is 14.8. The van der Waals surface area contributed by atoms with Crippen LogP contribution in [0.4, 0.5) is 48.7 Å². The average Bonchev–Trinajstić information content (AvgIpc) is 3.00. The maximum atomic E-state index is 13.6. The van der Waals surface area contributed by atoms with E-state index in [4.69, 9.17) is 23.2 Å². The number of urea groups is 1. The summed E-state index contributed by atoms with van der Waals surface area (Å²) in [4.78, 5) is 23.1. The molecule has 0 bridgehead atoms. The van der Waals surface area contributed by atoms with Gasteiger partial charge in [0.1, 0.15) is 0 Å². The van der Waals surface area contributed by atoms with E-state index in [1.54, 1.807) is 0 Å². The number of amides is 3. The number of carbonyl (C=O) groups is 2. The third-order valence-corrected chi connectivity index (χ3v) is 5.30. The Morgan fingerprint density at radius 3 is 1.97 bits per heavy atom. The van der Waals surface area contributed by atoms with E-state index in [0.717, 1.165) is 18.2 Å². The molecule has 2 N–H and O–H groups in total. The van der Waals surface area contributed by atoms with Crippen molar-refractivity contribution in [3.63, 3.8) is 0 Å². The number of allylic oxidation sites excluding steroid dienone is 1. The van der Waals surface area contributed by atoms with Gasteiger partial charge in [0.15, 0.2) is 5.17 Å². The average molecular weight is 552 g/mol. The van der Waals surface area contributed by atoms with Crippen LogP contribution < -0.4 is 10.6 Å². The van der Waals surface area contributed by atoms with Crippen LogP contribution in [0.5, 0.6) is 0 Å². The van der Waals surface area contributed by atoms with E-state index in [9.17, 15) is 53.5 Å². The van der Waals surface area contributed by atoms with Crippen LogP contribution in [0, 0.1) is 0 Å². The second-order valence-electron chi connectivity index (χ2n) is 5.90. The van der Waals surface area contributed by atoms with Gasteiger partial charge in [-0.2, -0.15) is 39.5 Å². The molecule has 33 heavy (non-hydrogen) atoms. The SMILES string of the molecule is O=C(NC(=O)c1ccc(Cl)cc1Cl)NC1=NC(C(F)(F)F)(C(F)(F)F)/C(=C(\F)C(F)(F)F)S1. The van der Waals surface area contributed by atoms with Gasteiger partial charge < -0.3 is 0 Å². The van der Waals surface area contributed by atoms with Crippen molar-refractivity contribution >= 4 is 52.1 Å². The fourth-order valence-corrected chi connectivity index (χ4v) is 3.94. The zero-order valence-electron chi connectivity index (χ0n) is 14.9. The van der Waals surface area contributed by atoms with Crippen LogP contribution in [0.2, 0.25) is 10.0 Å². The first-order valence-corrected chi connectivity index (χ1v) is 9.34. The number of hydrogen-bond donors (Lipinski definition) is 2. The van der Waals surface area contributed by atoms with Gasteiger partial charge in [0.05, 0.1) is 15.5 Å². The second-order valence-corrected chi connectivity index (χ2v) is 7.74. The standard InChI is InChI=1S/C15H5Cl2F10N3O2S/c16-4-1-2-5(6(17)3-4)9(31)28-10(32)29-11-30-12(14(22,23)24,15(25,26)27)8(33-11)7(18)13(19,20)21/h1-3H,(H2,28,29,30,31,32)/b8-7+. The first-order valence-electron chi connectivity index (χ1n) is 7.77. The highest BCUT2D eigenvalue weighted by atomic mass is 35.5. The van der Waals surface area contributed by atoms with Crippen LogP contribution in [-0.4, -0.2) is 41.2 Å². The van der Waals surface area contributed by atoms with Gasteiger partial charge in [-0.1, -0.05) is 35.0 Å². The molecule has 1 aromatic rings. The number of hydrogen-bond acceptors (Lipinski definition) is 4. The maximum Gasteiger partial charge on any atom is 0.443 e. The van der Waals surface area contributed by atoms with Gasteiger partial charge in [0.2, 0.25) is 5.83 Å². The normalized spacial score (nSPS) is 18.0. The summed E-state index contributed by atoms with van der Waals surface area (Å²) in [5.41, 5.74) is -6.06. The van der Waals surface area contributed by atoms with Crippen molar-refractivity contribution in [2.75, 3.05) is 0 Å². The lowest BCUT2D eigenvalue weighted by molar-refractivity contribution is -0.280. The summed E-state index contributed by atoms with van der Waals surface area (Å²) in [6, 6.07) is 1.41. The fraction of sp³-hybridized carbons (Fsp3) is 0.267. The summed E-state index contributed by atoms with van der Waals surface area (Å²) in [5, 5.41) is 0.760. The molecule has 182 valence electrons. The number of carbonyl (C=O) groups excluding carboxylic acids is 2. The summed E-state index contributed by atoms with van der Waals surface area (Å²) in [6.07, 6.45) is -19.4. The predicted octanol–water partition coefficient (Wildman–Crippen LogP) is 6.14. The molecular weight excluding hydrogens is 547 g/mol. The highest BCUT2D eigenvalue weighted by molar-refractivity contribution is 8.17. The van der Waals surface area contributed by atoms with E-state index >= 15 is 0 Å². The Morgan fingerprint density at radius 2 is 1.52 bits per heavy atom. The van der Waals surface area contributed by atoms with E-state index in [1.165, 1.54) is 10.6 Å². The number of alkyl halides is 9. The molecule has 0 aromatic heterocycles. The van der Waals surface area contributed by atoms with Crippen molar-refractivity contribution < 1.29 is 53.5 Å². The third-order valence-electron chi connectivity index (χ3n) is 3.69. The minimum absolute atomic E-state index is 0.0689. The van der Waals surface area contributed by atoms with Crippen LogP contribution in [0.3, 0.4) is 0 Å². The van der Waals surface area contributed by atoms with E-state index in [0.29, 0.717) is 0 Å². The van der Waals surface area contributed by atoms with Gasteiger partial charge in [-0.25, -0.2) is 14.2 Å². The number of rotatable bonds is 1. The Balaban J connectivity index is 2.43. The Bertz CT molecular complexity index is 1040. The molecule has 1 aromatic carbocycles. The number of nitrogens with one attached hydrogen (secondary N) is 2. The quantitative estimate of drug-likeness (QED) is 0.412. The van der Waals surface area contributed by atoms with Crippen molar-refractivity contribution in [2.45, 2.75) is 24.1 Å². The Morgan fingerprint density at radius 1 is 0.970 bits per heavy atom. The molecule has 1 aliphatic rings. The van der Waals surface area contributed by atoms with Crippen molar-refractivity contribution in [1.29, 1.82) is 0 Å². The van der Waals surface area contributed by atoms with Crippen molar-refractivity contribution in [3.8, 4) is 0 Å². The summed E-state index contributed by atoms with van der Waals surface area (Å²) >= 11 is 10.2. The van der Waals surface area contributed by atoms with Gasteiger partial charge in [-0.3, -0.25) is 15.4 Å². The molecule has 0 spiro atoms. The minimum atomic E-state index is -6.59. The molecule has 0 aliphatic carbocycles. The number of aliphatic imine (C=N–C) groups is 1. The lowest BCUT2D eigenvalue weighted by atomic mass is 9.97. The van der Waals surface area contributed by atoms with E-state index in [2.05, 4.69) is 4.99 Å². The number of halogens is 12. The molecule has 0 saturated carbocycles. The van der Waals surface area contributed by atoms with Crippen LogP contribution in [0.25, 0.3) is 0 Å². The van der Waals surface area contributed by atoms with Crippen molar-refractivity contribution in [2.24, 2.45) is 4.99 Å². The molecule has 0 atom stereocenters. The van der Waals surface area contributed by atoms with E-state index in [1.807, 2.05) is 0 Å². The van der Waals surface area contributed by atoms with E-state index in [-0.39, 0.29) is 10.0 Å². The minimum Gasteiger partial charge on any atom is -0.286 e. The van der Waals surface area contributed by atoms with Gasteiger partial charge >= 0.3 is 24.6 Å². The topological polar surface area (TPSA) is 70.6 Å². The molecule has 5 nitrogen and oxygen atoms in total. The number of benzene rings is 1.